The Bertz CT molecular complexity index is 458. The van der Waals surface area contributed by atoms with Crippen LogP contribution in [-0.2, 0) is 0 Å². The van der Waals surface area contributed by atoms with Crippen molar-refractivity contribution in [1.82, 2.24) is 0 Å². The molecule has 6 heteroatoms. The Kier molecular flexibility index (Phi) is 3.75. The molecule has 0 amide bonds. The molecule has 94 valence electrons. The summed E-state index contributed by atoms with van der Waals surface area (Å²) < 4.78 is 38.0. The Labute approximate surface area is 105 Å². The number of aliphatic hydroxyl groups is 1. The molecule has 0 radical (unpaired) electrons. The lowest BCUT2D eigenvalue weighted by molar-refractivity contribution is -0.136. The van der Waals surface area contributed by atoms with E-state index in [4.69, 9.17) is 0 Å². The maximum absolute atomic E-state index is 11.9. The minimum atomic E-state index is -4.13. The Balaban J connectivity index is 1.92. The van der Waals surface area contributed by atoms with Crippen LogP contribution in [0.25, 0.3) is 9.40 Å². The highest BCUT2D eigenvalue weighted by molar-refractivity contribution is 7.26. The van der Waals surface area contributed by atoms with E-state index in [1.54, 1.807) is 11.3 Å². The average molecular weight is 280 g/mol. The van der Waals surface area contributed by atoms with Crippen molar-refractivity contribution in [2.75, 3.05) is 0 Å². The molecule has 0 aliphatic heterocycles. The van der Waals surface area contributed by atoms with Crippen LogP contribution in [0, 0.1) is 0 Å². The van der Waals surface area contributed by atoms with E-state index in [2.05, 4.69) is 0 Å². The van der Waals surface area contributed by atoms with E-state index in [-0.39, 0.29) is 12.8 Å². The predicted octanol–water partition coefficient (Wildman–Crippen LogP) is 4.73. The lowest BCUT2D eigenvalue weighted by atomic mass is 10.1. The second kappa shape index (κ2) is 4.96. The molecule has 1 atom stereocenters. The fourth-order valence-corrected chi connectivity index (χ4v) is 3.73. The topological polar surface area (TPSA) is 20.2 Å². The largest absolute Gasteiger partial charge is 0.389 e. The van der Waals surface area contributed by atoms with E-state index in [0.717, 1.165) is 14.3 Å². The normalized spacial score (nSPS) is 14.4. The van der Waals surface area contributed by atoms with Crippen LogP contribution in [0.5, 0.6) is 0 Å². The second-order valence-corrected chi connectivity index (χ2v) is 5.88. The van der Waals surface area contributed by atoms with Crippen molar-refractivity contribution in [1.29, 1.82) is 0 Å². The zero-order valence-corrected chi connectivity index (χ0v) is 10.5. The Morgan fingerprint density at radius 1 is 1.29 bits per heavy atom. The number of hydrogen-bond donors (Lipinski definition) is 1. The third kappa shape index (κ3) is 3.43. The molecule has 0 fully saturated rings. The van der Waals surface area contributed by atoms with Crippen molar-refractivity contribution in [2.24, 2.45) is 0 Å². The van der Waals surface area contributed by atoms with Crippen molar-refractivity contribution in [3.8, 4) is 0 Å². The van der Waals surface area contributed by atoms with Gasteiger partial charge in [-0.25, -0.2) is 0 Å². The molecule has 0 saturated carbocycles. The molecule has 1 N–H and O–H groups in total. The summed E-state index contributed by atoms with van der Waals surface area (Å²) in [4.78, 5) is 0.758. The van der Waals surface area contributed by atoms with Crippen molar-refractivity contribution in [2.45, 2.75) is 31.5 Å². The number of fused-ring (bicyclic) bond motifs is 1. The highest BCUT2D eigenvalue weighted by Crippen LogP contribution is 2.35. The summed E-state index contributed by atoms with van der Waals surface area (Å²) >= 11 is 3.02. The molecule has 2 aromatic heterocycles. The fourth-order valence-electron chi connectivity index (χ4n) is 1.59. The van der Waals surface area contributed by atoms with Crippen molar-refractivity contribution < 1.29 is 18.3 Å². The van der Waals surface area contributed by atoms with Crippen LogP contribution in [0.3, 0.4) is 0 Å². The highest BCUT2D eigenvalue weighted by atomic mass is 32.1. The van der Waals surface area contributed by atoms with Gasteiger partial charge in [-0.15, -0.1) is 22.7 Å². The standard InChI is InChI=1S/C11H11F3OS2/c12-11(13,14)4-1-2-7(15)9-6-10-8(17-9)3-5-16-10/h3,5-7,15H,1-2,4H2. The molecular weight excluding hydrogens is 269 g/mol. The molecule has 0 aromatic carbocycles. The van der Waals surface area contributed by atoms with E-state index >= 15 is 0 Å². The molecule has 0 spiro atoms. The van der Waals surface area contributed by atoms with Gasteiger partial charge >= 0.3 is 6.18 Å². The number of hydrogen-bond acceptors (Lipinski definition) is 3. The van der Waals surface area contributed by atoms with Crippen LogP contribution in [0.4, 0.5) is 13.2 Å². The van der Waals surface area contributed by atoms with Gasteiger partial charge < -0.3 is 5.11 Å². The minimum Gasteiger partial charge on any atom is -0.388 e. The van der Waals surface area contributed by atoms with E-state index in [9.17, 15) is 18.3 Å². The van der Waals surface area contributed by atoms with E-state index in [1.165, 1.54) is 11.3 Å². The third-order valence-corrected chi connectivity index (χ3v) is 4.62. The summed E-state index contributed by atoms with van der Waals surface area (Å²) in [6.45, 7) is 0. The first-order chi connectivity index (χ1) is 7.96. The number of aliphatic hydroxyl groups excluding tert-OH is 1. The van der Waals surface area contributed by atoms with Gasteiger partial charge in [-0.2, -0.15) is 13.2 Å². The molecule has 0 aliphatic rings. The zero-order valence-electron chi connectivity index (χ0n) is 8.83. The van der Waals surface area contributed by atoms with Gasteiger partial charge in [-0.05, 0) is 30.4 Å². The minimum absolute atomic E-state index is 0.0315. The van der Waals surface area contributed by atoms with Gasteiger partial charge in [0.25, 0.3) is 0 Å². The lowest BCUT2D eigenvalue weighted by Crippen LogP contribution is -2.07. The van der Waals surface area contributed by atoms with Crippen molar-refractivity contribution >= 4 is 32.1 Å². The fraction of sp³-hybridized carbons (Fsp3) is 0.455. The van der Waals surface area contributed by atoms with Gasteiger partial charge in [-0.3, -0.25) is 0 Å². The summed E-state index contributed by atoms with van der Waals surface area (Å²) in [5, 5.41) is 11.7. The van der Waals surface area contributed by atoms with Crippen LogP contribution >= 0.6 is 22.7 Å². The van der Waals surface area contributed by atoms with Gasteiger partial charge in [0.1, 0.15) is 0 Å². The maximum Gasteiger partial charge on any atom is 0.389 e. The molecule has 1 unspecified atom stereocenters. The predicted molar refractivity (Wildman–Crippen MR) is 64.6 cm³/mol. The van der Waals surface area contributed by atoms with Gasteiger partial charge in [0.2, 0.25) is 0 Å². The second-order valence-electron chi connectivity index (χ2n) is 3.82. The molecule has 0 bridgehead atoms. The van der Waals surface area contributed by atoms with E-state index in [1.807, 2.05) is 17.5 Å². The molecule has 17 heavy (non-hydrogen) atoms. The first-order valence-corrected chi connectivity index (χ1v) is 6.87. The monoisotopic (exact) mass is 280 g/mol. The molecule has 0 aliphatic carbocycles. The van der Waals surface area contributed by atoms with Crippen LogP contribution in [0.2, 0.25) is 0 Å². The average Bonchev–Trinajstić information content (AvgIpc) is 2.73. The van der Waals surface area contributed by atoms with Crippen LogP contribution in [0.15, 0.2) is 17.5 Å². The summed E-state index contributed by atoms with van der Waals surface area (Å²) in [5.74, 6) is 0. The highest BCUT2D eigenvalue weighted by Gasteiger charge is 2.26. The van der Waals surface area contributed by atoms with Gasteiger partial charge in [0, 0.05) is 20.7 Å². The summed E-state index contributed by atoms with van der Waals surface area (Å²) in [7, 11) is 0. The zero-order chi connectivity index (χ0) is 12.5. The van der Waals surface area contributed by atoms with Gasteiger partial charge in [0.05, 0.1) is 6.10 Å². The summed E-state index contributed by atoms with van der Waals surface area (Å²) in [6, 6.07) is 3.82. The first kappa shape index (κ1) is 12.9. The van der Waals surface area contributed by atoms with Crippen LogP contribution in [0.1, 0.15) is 30.2 Å². The molecule has 2 aromatic rings. The van der Waals surface area contributed by atoms with E-state index < -0.39 is 18.7 Å². The Hall–Kier alpha value is -0.590. The third-order valence-electron chi connectivity index (χ3n) is 2.42. The number of rotatable bonds is 4. The molecule has 0 saturated heterocycles. The Morgan fingerprint density at radius 2 is 2.06 bits per heavy atom. The smallest absolute Gasteiger partial charge is 0.388 e. The maximum atomic E-state index is 11.9. The van der Waals surface area contributed by atoms with Gasteiger partial charge in [-0.1, -0.05) is 0 Å². The Morgan fingerprint density at radius 3 is 2.71 bits per heavy atom. The van der Waals surface area contributed by atoms with Crippen LogP contribution < -0.4 is 0 Å². The van der Waals surface area contributed by atoms with Crippen molar-refractivity contribution in [3.05, 3.63) is 22.4 Å². The molecule has 1 nitrogen and oxygen atoms in total. The van der Waals surface area contributed by atoms with Crippen LogP contribution in [-0.4, -0.2) is 11.3 Å². The quantitative estimate of drug-likeness (QED) is 0.858. The number of halogens is 3. The molecule has 2 rings (SSSR count). The lowest BCUT2D eigenvalue weighted by Gasteiger charge is -2.09. The van der Waals surface area contributed by atoms with Gasteiger partial charge in [0.15, 0.2) is 0 Å². The number of alkyl halides is 3. The number of thiophene rings is 2. The summed E-state index contributed by atoms with van der Waals surface area (Å²) in [5.41, 5.74) is 0. The van der Waals surface area contributed by atoms with Crippen molar-refractivity contribution in [3.63, 3.8) is 0 Å². The van der Waals surface area contributed by atoms with E-state index in [0.29, 0.717) is 0 Å². The molecule has 2 heterocycles. The molecular formula is C11H11F3OS2. The summed E-state index contributed by atoms with van der Waals surface area (Å²) in [6.07, 6.45) is -5.61. The SMILES string of the molecule is OC(CCCC(F)(F)F)c1cc2sccc2s1. The first-order valence-electron chi connectivity index (χ1n) is 5.17.